The predicted molar refractivity (Wildman–Crippen MR) is 73.6 cm³/mol. The van der Waals surface area contributed by atoms with Gasteiger partial charge in [-0.1, -0.05) is 6.07 Å². The molecular weight excluding hydrogens is 318 g/mol. The quantitative estimate of drug-likeness (QED) is 0.859. The maximum absolute atomic E-state index is 13.8. The van der Waals surface area contributed by atoms with Gasteiger partial charge in [0.2, 0.25) is 15.7 Å². The minimum absolute atomic E-state index is 0.469. The number of carbonyl (C=O) groups is 1. The number of hydrogen-bond donors (Lipinski definition) is 2. The third-order valence-corrected chi connectivity index (χ3v) is 4.93. The topological polar surface area (TPSA) is 98.5 Å². The van der Waals surface area contributed by atoms with E-state index in [4.69, 9.17) is 10.6 Å². The van der Waals surface area contributed by atoms with Gasteiger partial charge < -0.3 is 5.73 Å². The number of hydroxylamine groups is 1. The van der Waals surface area contributed by atoms with Crippen LogP contribution in [0.15, 0.2) is 29.3 Å². The molecule has 9 heteroatoms. The molecule has 0 fully saturated rings. The molecule has 0 saturated carbocycles. The van der Waals surface area contributed by atoms with E-state index in [1.54, 1.807) is 13.8 Å². The Bertz CT molecular complexity index is 739. The van der Waals surface area contributed by atoms with Gasteiger partial charge in [-0.2, -0.15) is 0 Å². The molecule has 1 heterocycles. The van der Waals surface area contributed by atoms with Crippen LogP contribution in [-0.2, 0) is 19.5 Å². The summed E-state index contributed by atoms with van der Waals surface area (Å²) in [4.78, 5) is 16.6. The lowest BCUT2D eigenvalue weighted by Crippen LogP contribution is -2.33. The molecular formula is C13H14F2N2O4S. The van der Waals surface area contributed by atoms with Crippen molar-refractivity contribution in [2.75, 3.05) is 0 Å². The number of primary amides is 1. The van der Waals surface area contributed by atoms with Gasteiger partial charge >= 0.3 is 0 Å². The number of hydrogen-bond acceptors (Lipinski definition) is 5. The van der Waals surface area contributed by atoms with Crippen LogP contribution in [0.4, 0.5) is 8.78 Å². The Labute approximate surface area is 125 Å². The molecule has 0 saturated heterocycles. The molecule has 1 unspecified atom stereocenters. The molecule has 6 nitrogen and oxygen atoms in total. The molecule has 120 valence electrons. The Morgan fingerprint density at radius 1 is 1.32 bits per heavy atom. The van der Waals surface area contributed by atoms with Crippen LogP contribution in [0.3, 0.4) is 0 Å². The lowest BCUT2D eigenvalue weighted by Gasteiger charge is -2.16. The molecule has 0 spiro atoms. The average Bonchev–Trinajstić information content (AvgIpc) is 2.74. The highest BCUT2D eigenvalue weighted by atomic mass is 32.2. The van der Waals surface area contributed by atoms with Crippen LogP contribution in [0.25, 0.3) is 0 Å². The van der Waals surface area contributed by atoms with Gasteiger partial charge in [0.05, 0.1) is 5.56 Å². The summed E-state index contributed by atoms with van der Waals surface area (Å²) in [7, 11) is -4.50. The highest BCUT2D eigenvalue weighted by Crippen LogP contribution is 2.34. The first-order valence-corrected chi connectivity index (χ1v) is 7.75. The van der Waals surface area contributed by atoms with Crippen molar-refractivity contribution in [2.45, 2.75) is 24.7 Å². The van der Waals surface area contributed by atoms with Gasteiger partial charge in [0, 0.05) is 0 Å². The first kappa shape index (κ1) is 16.4. The summed E-state index contributed by atoms with van der Waals surface area (Å²) in [6.45, 7) is 3.12. The Morgan fingerprint density at radius 3 is 2.27 bits per heavy atom. The van der Waals surface area contributed by atoms with E-state index in [2.05, 4.69) is 5.48 Å². The Hall–Kier alpha value is -2.00. The number of nitrogens with two attached hydrogens (primary N) is 1. The highest BCUT2D eigenvalue weighted by Gasteiger charge is 2.42. The van der Waals surface area contributed by atoms with Crippen LogP contribution in [0.1, 0.15) is 24.7 Å². The fraction of sp³-hybridized carbons (Fsp3) is 0.308. The minimum Gasteiger partial charge on any atom is -0.368 e. The molecule has 22 heavy (non-hydrogen) atoms. The second kappa shape index (κ2) is 5.33. The number of rotatable bonds is 4. The number of benzene rings is 1. The fourth-order valence-corrected chi connectivity index (χ4v) is 3.74. The molecule has 2 rings (SSSR count). The van der Waals surface area contributed by atoms with Crippen LogP contribution in [0, 0.1) is 11.6 Å². The van der Waals surface area contributed by atoms with E-state index < -0.39 is 48.8 Å². The van der Waals surface area contributed by atoms with Gasteiger partial charge in [-0.3, -0.25) is 15.1 Å². The maximum Gasteiger partial charge on any atom is 0.240 e. The van der Waals surface area contributed by atoms with Crippen LogP contribution in [0.5, 0.6) is 0 Å². The molecule has 0 bridgehead atoms. The molecule has 0 aliphatic carbocycles. The summed E-state index contributed by atoms with van der Waals surface area (Å²) < 4.78 is 52.7. The van der Waals surface area contributed by atoms with E-state index >= 15 is 0 Å². The molecule has 1 amide bonds. The summed E-state index contributed by atoms with van der Waals surface area (Å²) in [5.41, 5.74) is 5.36. The minimum atomic E-state index is -4.50. The Balaban J connectivity index is 2.61. The number of halogens is 2. The number of amides is 1. The molecule has 0 radical (unpaired) electrons. The zero-order valence-electron chi connectivity index (χ0n) is 11.8. The average molecular weight is 332 g/mol. The molecule has 1 atom stereocenters. The number of nitrogens with one attached hydrogen (secondary N) is 1. The van der Waals surface area contributed by atoms with Crippen molar-refractivity contribution in [2.24, 2.45) is 5.73 Å². The van der Waals surface area contributed by atoms with E-state index in [1.807, 2.05) is 0 Å². The molecule has 1 aromatic carbocycles. The number of carbonyl (C=O) groups excluding carboxylic acids is 1. The second-order valence-corrected chi connectivity index (χ2v) is 7.28. The summed E-state index contributed by atoms with van der Waals surface area (Å²) >= 11 is 0. The first-order chi connectivity index (χ1) is 10.1. The molecule has 3 N–H and O–H groups in total. The zero-order chi connectivity index (χ0) is 16.7. The third kappa shape index (κ3) is 2.81. The predicted octanol–water partition coefficient (Wildman–Crippen LogP) is 1.06. The smallest absolute Gasteiger partial charge is 0.240 e. The van der Waals surface area contributed by atoms with Crippen molar-refractivity contribution in [1.29, 1.82) is 0 Å². The highest BCUT2D eigenvalue weighted by molar-refractivity contribution is 7.96. The van der Waals surface area contributed by atoms with Crippen molar-refractivity contribution < 1.29 is 26.8 Å². The molecule has 1 aromatic rings. The first-order valence-electron chi connectivity index (χ1n) is 6.20. The van der Waals surface area contributed by atoms with Crippen molar-refractivity contribution in [1.82, 2.24) is 5.48 Å². The van der Waals surface area contributed by atoms with Crippen molar-refractivity contribution in [3.05, 3.63) is 46.5 Å². The van der Waals surface area contributed by atoms with Gasteiger partial charge in [0.25, 0.3) is 0 Å². The standard InChI is InChI=1S/C13H14F2N2O4S/c1-13(2)6-9(17-21-13)22(19,20)11(12(16)18)10-7(14)4-3-5-8(10)15/h3-6,11,17H,1-2H3,(H2,16,18). The zero-order valence-corrected chi connectivity index (χ0v) is 12.6. The van der Waals surface area contributed by atoms with Crippen molar-refractivity contribution in [3.63, 3.8) is 0 Å². The van der Waals surface area contributed by atoms with Crippen LogP contribution in [-0.4, -0.2) is 19.9 Å². The Morgan fingerprint density at radius 2 is 1.86 bits per heavy atom. The summed E-state index contributed by atoms with van der Waals surface area (Å²) in [5.74, 6) is -3.74. The molecule has 1 aliphatic heterocycles. The SMILES string of the molecule is CC1(C)C=C(S(=O)(=O)C(C(N)=O)c2c(F)cccc2F)NO1. The van der Waals surface area contributed by atoms with Crippen LogP contribution < -0.4 is 11.2 Å². The fourth-order valence-electron chi connectivity index (χ4n) is 2.04. The van der Waals surface area contributed by atoms with Crippen LogP contribution in [0.2, 0.25) is 0 Å². The van der Waals surface area contributed by atoms with Crippen molar-refractivity contribution in [3.8, 4) is 0 Å². The monoisotopic (exact) mass is 332 g/mol. The summed E-state index contributed by atoms with van der Waals surface area (Å²) in [6, 6.07) is 2.75. The van der Waals surface area contributed by atoms with Gasteiger partial charge in [-0.05, 0) is 32.1 Å². The maximum atomic E-state index is 13.8. The van der Waals surface area contributed by atoms with E-state index in [-0.39, 0.29) is 0 Å². The van der Waals surface area contributed by atoms with Gasteiger partial charge in [0.15, 0.2) is 10.3 Å². The summed E-state index contributed by atoms with van der Waals surface area (Å²) in [5, 5.41) is -2.67. The second-order valence-electron chi connectivity index (χ2n) is 5.28. The van der Waals surface area contributed by atoms with Gasteiger partial charge in [0.1, 0.15) is 17.2 Å². The number of sulfone groups is 1. The third-order valence-electron chi connectivity index (χ3n) is 3.03. The van der Waals surface area contributed by atoms with E-state index in [9.17, 15) is 22.0 Å². The summed E-state index contributed by atoms with van der Waals surface area (Å²) in [6.07, 6.45) is 1.19. The molecule has 1 aliphatic rings. The Kier molecular flexibility index (Phi) is 3.96. The van der Waals surface area contributed by atoms with Crippen LogP contribution >= 0.6 is 0 Å². The lowest BCUT2D eigenvalue weighted by molar-refractivity contribution is -0.117. The van der Waals surface area contributed by atoms with Gasteiger partial charge in [-0.15, -0.1) is 0 Å². The van der Waals surface area contributed by atoms with E-state index in [0.717, 1.165) is 18.2 Å². The normalized spacial score (nSPS) is 18.5. The van der Waals surface area contributed by atoms with Crippen molar-refractivity contribution >= 4 is 15.7 Å². The van der Waals surface area contributed by atoms with E-state index in [1.165, 1.54) is 6.08 Å². The molecule has 0 aromatic heterocycles. The largest absolute Gasteiger partial charge is 0.368 e. The lowest BCUT2D eigenvalue weighted by atomic mass is 10.1. The van der Waals surface area contributed by atoms with Gasteiger partial charge in [-0.25, -0.2) is 17.2 Å². The van der Waals surface area contributed by atoms with E-state index in [0.29, 0.717) is 0 Å².